The molecule has 1 spiro atoms. The summed E-state index contributed by atoms with van der Waals surface area (Å²) in [5.41, 5.74) is 0.307. The number of rotatable bonds is 3. The SMILES string of the molecule is O=C([C@H]1CCC2(CCN(Cc3nccs3)CC2)CO1)N1CCCC1. The minimum Gasteiger partial charge on any atom is -0.368 e. The fourth-order valence-electron chi connectivity index (χ4n) is 4.31. The molecule has 1 amide bonds. The molecule has 0 aliphatic carbocycles. The normalized spacial score (nSPS) is 27.7. The highest BCUT2D eigenvalue weighted by molar-refractivity contribution is 7.09. The highest BCUT2D eigenvalue weighted by atomic mass is 32.1. The van der Waals surface area contributed by atoms with Crippen molar-refractivity contribution in [1.82, 2.24) is 14.8 Å². The van der Waals surface area contributed by atoms with Gasteiger partial charge in [0.2, 0.25) is 0 Å². The summed E-state index contributed by atoms with van der Waals surface area (Å²) in [5, 5.41) is 3.26. The van der Waals surface area contributed by atoms with Gasteiger partial charge in [0.05, 0.1) is 13.2 Å². The van der Waals surface area contributed by atoms with Crippen LogP contribution in [0.1, 0.15) is 43.5 Å². The Bertz CT molecular complexity index is 539. The van der Waals surface area contributed by atoms with Crippen LogP contribution >= 0.6 is 11.3 Å². The van der Waals surface area contributed by atoms with Crippen LogP contribution in [0.15, 0.2) is 11.6 Å². The van der Waals surface area contributed by atoms with E-state index in [0.29, 0.717) is 5.41 Å². The molecular weight excluding hydrogens is 322 g/mol. The lowest BCUT2D eigenvalue weighted by molar-refractivity contribution is -0.154. The molecule has 4 rings (SSSR count). The molecule has 132 valence electrons. The average Bonchev–Trinajstić information content (AvgIpc) is 3.31. The fourth-order valence-corrected chi connectivity index (χ4v) is 4.97. The molecular formula is C18H27N3O2S. The van der Waals surface area contributed by atoms with Crippen LogP contribution in [0, 0.1) is 5.41 Å². The Kier molecular flexibility index (Phi) is 4.88. The van der Waals surface area contributed by atoms with Crippen molar-refractivity contribution in [2.75, 3.05) is 32.8 Å². The van der Waals surface area contributed by atoms with Gasteiger partial charge < -0.3 is 9.64 Å². The van der Waals surface area contributed by atoms with E-state index in [1.54, 1.807) is 11.3 Å². The number of carbonyl (C=O) groups excluding carboxylic acids is 1. The smallest absolute Gasteiger partial charge is 0.251 e. The largest absolute Gasteiger partial charge is 0.368 e. The Morgan fingerprint density at radius 2 is 2.04 bits per heavy atom. The van der Waals surface area contributed by atoms with Crippen LogP contribution in [0.25, 0.3) is 0 Å². The Balaban J connectivity index is 1.26. The molecule has 3 fully saturated rings. The summed E-state index contributed by atoms with van der Waals surface area (Å²) in [6, 6.07) is 0. The number of nitrogens with zero attached hydrogens (tertiary/aromatic N) is 3. The first-order valence-electron chi connectivity index (χ1n) is 9.25. The molecule has 1 aromatic rings. The summed E-state index contributed by atoms with van der Waals surface area (Å²) in [4.78, 5) is 21.4. The minimum absolute atomic E-state index is 0.179. The Hall–Kier alpha value is -0.980. The number of amides is 1. The summed E-state index contributed by atoms with van der Waals surface area (Å²) in [7, 11) is 0. The summed E-state index contributed by atoms with van der Waals surface area (Å²) < 4.78 is 6.07. The number of hydrogen-bond donors (Lipinski definition) is 0. The monoisotopic (exact) mass is 349 g/mol. The third-order valence-corrected chi connectivity index (χ3v) is 6.74. The van der Waals surface area contributed by atoms with E-state index in [2.05, 4.69) is 9.88 Å². The first-order valence-corrected chi connectivity index (χ1v) is 10.1. The minimum atomic E-state index is -0.179. The molecule has 4 heterocycles. The van der Waals surface area contributed by atoms with Crippen molar-refractivity contribution in [2.24, 2.45) is 5.41 Å². The standard InChI is InChI=1S/C18H27N3O2S/c22-17(21-8-1-2-9-21)15-3-4-18(14-23-15)5-10-20(11-6-18)13-16-19-7-12-24-16/h7,12,15H,1-6,8-11,13-14H2/t15-/m1/s1. The van der Waals surface area contributed by atoms with Crippen LogP contribution in [0.5, 0.6) is 0 Å². The van der Waals surface area contributed by atoms with Gasteiger partial charge in [-0.25, -0.2) is 4.98 Å². The maximum atomic E-state index is 12.5. The van der Waals surface area contributed by atoms with Crippen molar-refractivity contribution in [3.05, 3.63) is 16.6 Å². The molecule has 0 unspecified atom stereocenters. The van der Waals surface area contributed by atoms with Crippen LogP contribution in [0.3, 0.4) is 0 Å². The Morgan fingerprint density at radius 1 is 1.25 bits per heavy atom. The van der Waals surface area contributed by atoms with Gasteiger partial charge in [-0.05, 0) is 57.0 Å². The van der Waals surface area contributed by atoms with Crippen molar-refractivity contribution in [1.29, 1.82) is 0 Å². The van der Waals surface area contributed by atoms with E-state index in [1.807, 2.05) is 16.5 Å². The van der Waals surface area contributed by atoms with Gasteiger partial charge in [-0.2, -0.15) is 0 Å². The summed E-state index contributed by atoms with van der Waals surface area (Å²) in [6.07, 6.45) is 8.42. The highest BCUT2D eigenvalue weighted by Crippen LogP contribution is 2.41. The summed E-state index contributed by atoms with van der Waals surface area (Å²) in [5.74, 6) is 0.239. The molecule has 1 atom stereocenters. The highest BCUT2D eigenvalue weighted by Gasteiger charge is 2.41. The maximum absolute atomic E-state index is 12.5. The summed E-state index contributed by atoms with van der Waals surface area (Å²) in [6.45, 7) is 5.83. The molecule has 1 aromatic heterocycles. The number of hydrogen-bond acceptors (Lipinski definition) is 5. The van der Waals surface area contributed by atoms with E-state index < -0.39 is 0 Å². The molecule has 3 saturated heterocycles. The second kappa shape index (κ2) is 7.10. The van der Waals surface area contributed by atoms with Gasteiger partial charge in [0.1, 0.15) is 11.1 Å². The van der Waals surface area contributed by atoms with Gasteiger partial charge in [0.15, 0.2) is 0 Å². The molecule has 0 bridgehead atoms. The lowest BCUT2D eigenvalue weighted by Gasteiger charge is -2.45. The number of piperidine rings is 1. The van der Waals surface area contributed by atoms with E-state index in [9.17, 15) is 4.79 Å². The van der Waals surface area contributed by atoms with Crippen LogP contribution in [-0.4, -0.2) is 59.6 Å². The van der Waals surface area contributed by atoms with Crippen LogP contribution in [0.4, 0.5) is 0 Å². The molecule has 0 aromatic carbocycles. The lowest BCUT2D eigenvalue weighted by atomic mass is 9.73. The number of thiazole rings is 1. The van der Waals surface area contributed by atoms with Crippen LogP contribution in [0.2, 0.25) is 0 Å². The van der Waals surface area contributed by atoms with Gasteiger partial charge in [0.25, 0.3) is 5.91 Å². The van der Waals surface area contributed by atoms with Crippen molar-refractivity contribution in [3.63, 3.8) is 0 Å². The van der Waals surface area contributed by atoms with Gasteiger partial charge in [-0.3, -0.25) is 9.69 Å². The first-order chi connectivity index (χ1) is 11.7. The first kappa shape index (κ1) is 16.5. The number of likely N-dealkylation sites (tertiary alicyclic amines) is 2. The lowest BCUT2D eigenvalue weighted by Crippen LogP contribution is -2.49. The van der Waals surface area contributed by atoms with Gasteiger partial charge in [0, 0.05) is 24.7 Å². The average molecular weight is 350 g/mol. The van der Waals surface area contributed by atoms with Gasteiger partial charge in [-0.1, -0.05) is 0 Å². The van der Waals surface area contributed by atoms with E-state index in [-0.39, 0.29) is 12.0 Å². The van der Waals surface area contributed by atoms with E-state index in [0.717, 1.165) is 65.0 Å². The third-order valence-electron chi connectivity index (χ3n) is 5.98. The molecule has 24 heavy (non-hydrogen) atoms. The molecule has 0 N–H and O–H groups in total. The molecule has 6 heteroatoms. The summed E-state index contributed by atoms with van der Waals surface area (Å²) >= 11 is 1.74. The Morgan fingerprint density at radius 3 is 2.67 bits per heavy atom. The van der Waals surface area contributed by atoms with E-state index >= 15 is 0 Å². The Labute approximate surface area is 148 Å². The quantitative estimate of drug-likeness (QED) is 0.841. The number of carbonyl (C=O) groups is 1. The zero-order valence-electron chi connectivity index (χ0n) is 14.3. The van der Waals surface area contributed by atoms with Crippen molar-refractivity contribution >= 4 is 17.2 Å². The van der Waals surface area contributed by atoms with E-state index in [1.165, 1.54) is 17.8 Å². The van der Waals surface area contributed by atoms with E-state index in [4.69, 9.17) is 4.74 Å². The van der Waals surface area contributed by atoms with Crippen molar-refractivity contribution < 1.29 is 9.53 Å². The predicted molar refractivity (Wildman–Crippen MR) is 93.8 cm³/mol. The topological polar surface area (TPSA) is 45.7 Å². The second-order valence-corrected chi connectivity index (χ2v) is 8.55. The van der Waals surface area contributed by atoms with Crippen LogP contribution < -0.4 is 0 Å². The molecule has 3 aliphatic rings. The molecule has 0 saturated carbocycles. The zero-order chi connectivity index (χ0) is 16.4. The predicted octanol–water partition coefficient (Wildman–Crippen LogP) is 2.53. The van der Waals surface area contributed by atoms with Crippen molar-refractivity contribution in [3.8, 4) is 0 Å². The fraction of sp³-hybridized carbons (Fsp3) is 0.778. The van der Waals surface area contributed by atoms with Crippen molar-refractivity contribution in [2.45, 2.75) is 51.2 Å². The maximum Gasteiger partial charge on any atom is 0.251 e. The molecule has 3 aliphatic heterocycles. The number of aromatic nitrogens is 1. The molecule has 5 nitrogen and oxygen atoms in total. The van der Waals surface area contributed by atoms with Gasteiger partial charge in [-0.15, -0.1) is 11.3 Å². The van der Waals surface area contributed by atoms with Gasteiger partial charge >= 0.3 is 0 Å². The number of ether oxygens (including phenoxy) is 1. The zero-order valence-corrected chi connectivity index (χ0v) is 15.1. The second-order valence-electron chi connectivity index (χ2n) is 7.57. The third kappa shape index (κ3) is 3.51. The molecule has 0 radical (unpaired) electrons. The van der Waals surface area contributed by atoms with Crippen LogP contribution in [-0.2, 0) is 16.1 Å².